The predicted molar refractivity (Wildman–Crippen MR) is 78.6 cm³/mol. The highest BCUT2D eigenvalue weighted by atomic mass is 35.5. The van der Waals surface area contributed by atoms with Crippen molar-refractivity contribution in [3.8, 4) is 11.5 Å². The van der Waals surface area contributed by atoms with Crippen molar-refractivity contribution in [1.82, 2.24) is 5.32 Å². The molecular formula is C15H22ClNO2. The molecule has 0 aliphatic carbocycles. The van der Waals surface area contributed by atoms with Gasteiger partial charge in [0.15, 0.2) is 11.5 Å². The van der Waals surface area contributed by atoms with E-state index in [2.05, 4.69) is 12.2 Å². The summed E-state index contributed by atoms with van der Waals surface area (Å²) >= 11 is 6.30. The van der Waals surface area contributed by atoms with E-state index in [9.17, 15) is 0 Å². The number of rotatable bonds is 4. The van der Waals surface area contributed by atoms with Crippen LogP contribution in [0.5, 0.6) is 11.5 Å². The Kier molecular flexibility index (Phi) is 4.94. The largest absolute Gasteiger partial charge is 0.493 e. The summed E-state index contributed by atoms with van der Waals surface area (Å²) in [7, 11) is 3.34. The van der Waals surface area contributed by atoms with Gasteiger partial charge in [-0.3, -0.25) is 0 Å². The van der Waals surface area contributed by atoms with Crippen LogP contribution in [0.2, 0.25) is 5.02 Å². The molecule has 0 amide bonds. The van der Waals surface area contributed by atoms with Crippen LogP contribution in [-0.2, 0) is 6.42 Å². The molecule has 4 heteroatoms. The summed E-state index contributed by atoms with van der Waals surface area (Å²) in [6.45, 7) is 4.26. The predicted octanol–water partition coefficient (Wildman–Crippen LogP) is 3.21. The Morgan fingerprint density at radius 1 is 1.26 bits per heavy atom. The summed E-state index contributed by atoms with van der Waals surface area (Å²) < 4.78 is 10.9. The lowest BCUT2D eigenvalue weighted by molar-refractivity contribution is 0.338. The first kappa shape index (κ1) is 14.5. The second kappa shape index (κ2) is 6.49. The number of ether oxygens (including phenoxy) is 2. The number of benzene rings is 1. The lowest BCUT2D eigenvalue weighted by Crippen LogP contribution is -2.28. The summed E-state index contributed by atoms with van der Waals surface area (Å²) in [5, 5.41) is 4.15. The third kappa shape index (κ3) is 3.15. The second-order valence-corrected chi connectivity index (χ2v) is 5.50. The molecule has 0 bridgehead atoms. The van der Waals surface area contributed by atoms with Crippen LogP contribution in [0.3, 0.4) is 0 Å². The van der Waals surface area contributed by atoms with Crippen molar-refractivity contribution in [1.29, 1.82) is 0 Å². The molecule has 2 rings (SSSR count). The fraction of sp³-hybridized carbons (Fsp3) is 0.600. The van der Waals surface area contributed by atoms with Gasteiger partial charge in [0.1, 0.15) is 0 Å². The van der Waals surface area contributed by atoms with Crippen LogP contribution < -0.4 is 14.8 Å². The van der Waals surface area contributed by atoms with E-state index in [1.165, 1.54) is 18.4 Å². The highest BCUT2D eigenvalue weighted by molar-refractivity contribution is 6.31. The van der Waals surface area contributed by atoms with Crippen LogP contribution in [0.4, 0.5) is 0 Å². The highest BCUT2D eigenvalue weighted by Crippen LogP contribution is 2.39. The summed E-state index contributed by atoms with van der Waals surface area (Å²) in [5.41, 5.74) is 2.30. The first-order valence-corrected chi connectivity index (χ1v) is 7.15. The highest BCUT2D eigenvalue weighted by Gasteiger charge is 2.21. The zero-order valence-corrected chi connectivity index (χ0v) is 12.6. The van der Waals surface area contributed by atoms with Crippen LogP contribution in [0.1, 0.15) is 24.0 Å². The molecule has 1 aromatic carbocycles. The van der Waals surface area contributed by atoms with E-state index in [-0.39, 0.29) is 0 Å². The average Bonchev–Trinajstić information content (AvgIpc) is 2.44. The maximum atomic E-state index is 6.30. The third-order valence-electron chi connectivity index (χ3n) is 3.94. The first-order valence-electron chi connectivity index (χ1n) is 6.78. The van der Waals surface area contributed by atoms with Crippen molar-refractivity contribution in [2.75, 3.05) is 27.3 Å². The zero-order valence-electron chi connectivity index (χ0n) is 11.9. The number of methoxy groups -OCH3 is 2. The van der Waals surface area contributed by atoms with E-state index >= 15 is 0 Å². The molecule has 0 spiro atoms. The van der Waals surface area contributed by atoms with Crippen molar-refractivity contribution in [3.05, 3.63) is 22.2 Å². The number of hydrogen-bond donors (Lipinski definition) is 1. The molecule has 1 aromatic rings. The first-order chi connectivity index (χ1) is 9.17. The fourth-order valence-corrected chi connectivity index (χ4v) is 2.96. The van der Waals surface area contributed by atoms with Crippen LogP contribution in [0.15, 0.2) is 6.07 Å². The SMILES string of the molecule is COc1cc(Cl)c(C)c(CC2CCNCC2)c1OC. The smallest absolute Gasteiger partial charge is 0.164 e. The monoisotopic (exact) mass is 283 g/mol. The Morgan fingerprint density at radius 2 is 1.95 bits per heavy atom. The van der Waals surface area contributed by atoms with Gasteiger partial charge in [-0.15, -0.1) is 0 Å². The van der Waals surface area contributed by atoms with Crippen molar-refractivity contribution >= 4 is 11.6 Å². The maximum Gasteiger partial charge on any atom is 0.164 e. The molecule has 19 heavy (non-hydrogen) atoms. The molecule has 1 aliphatic heterocycles. The van der Waals surface area contributed by atoms with E-state index in [1.54, 1.807) is 14.2 Å². The van der Waals surface area contributed by atoms with E-state index in [4.69, 9.17) is 21.1 Å². The van der Waals surface area contributed by atoms with Gasteiger partial charge in [0, 0.05) is 16.7 Å². The van der Waals surface area contributed by atoms with Crippen molar-refractivity contribution in [2.24, 2.45) is 5.92 Å². The van der Waals surface area contributed by atoms with Crippen LogP contribution in [-0.4, -0.2) is 27.3 Å². The lowest BCUT2D eigenvalue weighted by atomic mass is 9.88. The normalized spacial score (nSPS) is 16.4. The summed E-state index contributed by atoms with van der Waals surface area (Å²) in [6.07, 6.45) is 3.42. The molecule has 1 saturated heterocycles. The third-order valence-corrected chi connectivity index (χ3v) is 4.33. The molecule has 1 fully saturated rings. The van der Waals surface area contributed by atoms with Crippen LogP contribution in [0.25, 0.3) is 0 Å². The number of hydrogen-bond acceptors (Lipinski definition) is 3. The van der Waals surface area contributed by atoms with Gasteiger partial charge in [0.05, 0.1) is 14.2 Å². The Bertz CT molecular complexity index is 442. The molecule has 0 aromatic heterocycles. The zero-order chi connectivity index (χ0) is 13.8. The second-order valence-electron chi connectivity index (χ2n) is 5.09. The van der Waals surface area contributed by atoms with Gasteiger partial charge in [-0.05, 0) is 50.8 Å². The molecule has 1 aliphatic rings. The fourth-order valence-electron chi connectivity index (χ4n) is 2.75. The standard InChI is InChI=1S/C15H22ClNO2/c1-10-12(8-11-4-6-17-7-5-11)15(19-3)14(18-2)9-13(10)16/h9,11,17H,4-8H2,1-3H3. The van der Waals surface area contributed by atoms with Gasteiger partial charge >= 0.3 is 0 Å². The molecule has 106 valence electrons. The minimum Gasteiger partial charge on any atom is -0.493 e. The van der Waals surface area contributed by atoms with Crippen molar-refractivity contribution in [2.45, 2.75) is 26.2 Å². The van der Waals surface area contributed by atoms with Gasteiger partial charge in [-0.1, -0.05) is 11.6 Å². The van der Waals surface area contributed by atoms with Crippen LogP contribution in [0, 0.1) is 12.8 Å². The van der Waals surface area contributed by atoms with Crippen LogP contribution >= 0.6 is 11.6 Å². The Hall–Kier alpha value is -0.930. The number of halogens is 1. The van der Waals surface area contributed by atoms with E-state index in [0.717, 1.165) is 41.6 Å². The minimum absolute atomic E-state index is 0.692. The molecule has 0 saturated carbocycles. The molecule has 0 unspecified atom stereocenters. The van der Waals surface area contributed by atoms with E-state index < -0.39 is 0 Å². The quantitative estimate of drug-likeness (QED) is 0.920. The summed E-state index contributed by atoms with van der Waals surface area (Å²) in [4.78, 5) is 0. The lowest BCUT2D eigenvalue weighted by Gasteiger charge is -2.25. The molecule has 1 heterocycles. The van der Waals surface area contributed by atoms with Gasteiger partial charge in [0.25, 0.3) is 0 Å². The molecule has 0 radical (unpaired) electrons. The van der Waals surface area contributed by atoms with Crippen molar-refractivity contribution < 1.29 is 9.47 Å². The Morgan fingerprint density at radius 3 is 2.53 bits per heavy atom. The topological polar surface area (TPSA) is 30.5 Å². The maximum absolute atomic E-state index is 6.30. The number of nitrogens with one attached hydrogen (secondary N) is 1. The van der Waals surface area contributed by atoms with E-state index in [0.29, 0.717) is 5.92 Å². The van der Waals surface area contributed by atoms with Gasteiger partial charge in [-0.2, -0.15) is 0 Å². The molecule has 0 atom stereocenters. The minimum atomic E-state index is 0.692. The summed E-state index contributed by atoms with van der Waals surface area (Å²) in [6, 6.07) is 1.83. The average molecular weight is 284 g/mol. The number of piperidine rings is 1. The van der Waals surface area contributed by atoms with E-state index in [1.807, 2.05) is 6.07 Å². The Balaban J connectivity index is 2.33. The van der Waals surface area contributed by atoms with Gasteiger partial charge < -0.3 is 14.8 Å². The molecule has 3 nitrogen and oxygen atoms in total. The van der Waals surface area contributed by atoms with Gasteiger partial charge in [-0.25, -0.2) is 0 Å². The molecular weight excluding hydrogens is 262 g/mol. The Labute approximate surface area is 120 Å². The van der Waals surface area contributed by atoms with Gasteiger partial charge in [0.2, 0.25) is 0 Å². The summed E-state index contributed by atoms with van der Waals surface area (Å²) in [5.74, 6) is 2.25. The van der Waals surface area contributed by atoms with Crippen molar-refractivity contribution in [3.63, 3.8) is 0 Å². The molecule has 1 N–H and O–H groups in total.